The summed E-state index contributed by atoms with van der Waals surface area (Å²) in [5.74, 6) is -0.620. The second-order valence-corrected chi connectivity index (χ2v) is 9.58. The minimum absolute atomic E-state index is 0.184. The van der Waals surface area contributed by atoms with Crippen molar-refractivity contribution >= 4 is 57.9 Å². The maximum atomic E-state index is 13.2. The van der Waals surface area contributed by atoms with E-state index in [-0.39, 0.29) is 10.9 Å². The molecule has 1 aliphatic rings. The molecule has 0 spiro atoms. The van der Waals surface area contributed by atoms with Gasteiger partial charge in [-0.2, -0.15) is 0 Å². The lowest BCUT2D eigenvalue weighted by Crippen LogP contribution is -2.37. The number of aliphatic carboxylic acids is 1. The number of hydrogen-bond acceptors (Lipinski definition) is 6. The predicted molar refractivity (Wildman–Crippen MR) is 141 cm³/mol. The summed E-state index contributed by atoms with van der Waals surface area (Å²) in [5.41, 5.74) is 1.99. The van der Waals surface area contributed by atoms with E-state index in [4.69, 9.17) is 33.3 Å². The molecule has 1 aliphatic heterocycles. The quantitative estimate of drug-likeness (QED) is 0.287. The van der Waals surface area contributed by atoms with E-state index in [9.17, 15) is 14.7 Å². The van der Waals surface area contributed by atoms with Gasteiger partial charge in [-0.25, -0.2) is 4.79 Å². The van der Waals surface area contributed by atoms with E-state index in [1.807, 2.05) is 18.2 Å². The van der Waals surface area contributed by atoms with Crippen molar-refractivity contribution in [2.45, 2.75) is 12.6 Å². The van der Waals surface area contributed by atoms with Gasteiger partial charge in [-0.1, -0.05) is 90.2 Å². The number of carboxylic acid groups (broad SMARTS) is 1. The Morgan fingerprint density at radius 3 is 2.51 bits per heavy atom. The van der Waals surface area contributed by atoms with Gasteiger partial charge in [-0.3, -0.25) is 9.69 Å². The fraction of sp³-hybridized carbons (Fsp3) is 0.115. The van der Waals surface area contributed by atoms with Crippen LogP contribution in [0.1, 0.15) is 22.7 Å². The second kappa shape index (κ2) is 10.9. The van der Waals surface area contributed by atoms with Crippen LogP contribution >= 0.6 is 35.6 Å². The molecule has 0 saturated carbocycles. The number of ether oxygens (including phenoxy) is 2. The van der Waals surface area contributed by atoms with E-state index in [1.165, 1.54) is 7.11 Å². The molecule has 1 unspecified atom stereocenters. The Balaban J connectivity index is 1.56. The molecule has 35 heavy (non-hydrogen) atoms. The highest BCUT2D eigenvalue weighted by atomic mass is 35.5. The molecule has 0 bridgehead atoms. The van der Waals surface area contributed by atoms with E-state index in [0.29, 0.717) is 32.6 Å². The summed E-state index contributed by atoms with van der Waals surface area (Å²) in [6, 6.07) is 20.0. The summed E-state index contributed by atoms with van der Waals surface area (Å²) >= 11 is 12.6. The number of carbonyl (C=O) groups is 2. The molecule has 0 aromatic heterocycles. The summed E-state index contributed by atoms with van der Waals surface area (Å²) in [4.78, 5) is 26.7. The van der Waals surface area contributed by atoms with Crippen molar-refractivity contribution in [2.75, 3.05) is 7.11 Å². The summed E-state index contributed by atoms with van der Waals surface area (Å²) in [6.07, 6.45) is 1.66. The largest absolute Gasteiger partial charge is 0.493 e. The molecule has 1 amide bonds. The zero-order valence-corrected chi connectivity index (χ0v) is 20.9. The normalized spacial score (nSPS) is 15.4. The number of hydrogen-bond donors (Lipinski definition) is 1. The fourth-order valence-electron chi connectivity index (χ4n) is 3.56. The van der Waals surface area contributed by atoms with E-state index < -0.39 is 17.9 Å². The number of carbonyl (C=O) groups excluding carboxylic acids is 1. The topological polar surface area (TPSA) is 76.1 Å². The van der Waals surface area contributed by atoms with Gasteiger partial charge in [0.2, 0.25) is 0 Å². The van der Waals surface area contributed by atoms with Crippen molar-refractivity contribution in [2.24, 2.45) is 0 Å². The Kier molecular flexibility index (Phi) is 7.75. The average Bonchev–Trinajstić information content (AvgIpc) is 3.12. The van der Waals surface area contributed by atoms with Gasteiger partial charge in [0.05, 0.1) is 12.0 Å². The molecule has 1 fully saturated rings. The van der Waals surface area contributed by atoms with Crippen LogP contribution in [0, 0.1) is 0 Å². The third-order valence-corrected chi connectivity index (χ3v) is 6.96. The van der Waals surface area contributed by atoms with Crippen LogP contribution in [0.2, 0.25) is 5.02 Å². The summed E-state index contributed by atoms with van der Waals surface area (Å²) < 4.78 is 11.5. The maximum absolute atomic E-state index is 13.2. The van der Waals surface area contributed by atoms with Crippen molar-refractivity contribution in [3.8, 4) is 11.5 Å². The van der Waals surface area contributed by atoms with E-state index in [0.717, 1.165) is 22.2 Å². The van der Waals surface area contributed by atoms with E-state index >= 15 is 0 Å². The lowest BCUT2D eigenvalue weighted by Gasteiger charge is -2.23. The van der Waals surface area contributed by atoms with Crippen molar-refractivity contribution < 1.29 is 24.2 Å². The number of halogens is 1. The van der Waals surface area contributed by atoms with Crippen molar-refractivity contribution in [3.05, 3.63) is 99.4 Å². The van der Waals surface area contributed by atoms with Crippen molar-refractivity contribution in [1.82, 2.24) is 4.90 Å². The predicted octanol–water partition coefficient (Wildman–Crippen LogP) is 5.95. The number of nitrogens with zero attached hydrogens (tertiary/aromatic N) is 1. The first-order valence-electron chi connectivity index (χ1n) is 10.5. The summed E-state index contributed by atoms with van der Waals surface area (Å²) in [5, 5.41) is 10.4. The molecule has 3 aromatic rings. The minimum atomic E-state index is -1.20. The van der Waals surface area contributed by atoms with Crippen LogP contribution in [0.5, 0.6) is 11.5 Å². The molecule has 1 heterocycles. The van der Waals surface area contributed by atoms with Crippen molar-refractivity contribution in [1.29, 1.82) is 0 Å². The molecule has 3 aromatic carbocycles. The van der Waals surface area contributed by atoms with E-state index in [1.54, 1.807) is 60.7 Å². The molecule has 9 heteroatoms. The minimum Gasteiger partial charge on any atom is -0.493 e. The van der Waals surface area contributed by atoms with Crippen LogP contribution in [0.15, 0.2) is 77.7 Å². The van der Waals surface area contributed by atoms with Gasteiger partial charge in [0.1, 0.15) is 10.9 Å². The van der Waals surface area contributed by atoms with Crippen LogP contribution in [-0.4, -0.2) is 33.3 Å². The van der Waals surface area contributed by atoms with Gasteiger partial charge in [0.15, 0.2) is 17.5 Å². The lowest BCUT2D eigenvalue weighted by atomic mass is 10.1. The highest BCUT2D eigenvalue weighted by Crippen LogP contribution is 2.39. The Hall–Kier alpha value is -3.33. The molecular formula is C26H20ClNO5S2. The van der Waals surface area contributed by atoms with Gasteiger partial charge in [0.25, 0.3) is 5.91 Å². The highest BCUT2D eigenvalue weighted by Gasteiger charge is 2.41. The zero-order chi connectivity index (χ0) is 24.9. The van der Waals surface area contributed by atoms with Gasteiger partial charge >= 0.3 is 5.97 Å². The van der Waals surface area contributed by atoms with Crippen LogP contribution in [-0.2, 0) is 16.2 Å². The average molecular weight is 526 g/mol. The van der Waals surface area contributed by atoms with Crippen LogP contribution in [0.3, 0.4) is 0 Å². The van der Waals surface area contributed by atoms with Crippen LogP contribution in [0.25, 0.3) is 6.08 Å². The molecule has 0 radical (unpaired) electrons. The van der Waals surface area contributed by atoms with Gasteiger partial charge < -0.3 is 14.6 Å². The number of methoxy groups -OCH3 is 1. The smallest absolute Gasteiger partial charge is 0.331 e. The molecule has 6 nitrogen and oxygen atoms in total. The number of rotatable bonds is 8. The first kappa shape index (κ1) is 24.8. The van der Waals surface area contributed by atoms with Crippen molar-refractivity contribution in [3.63, 3.8) is 0 Å². The first-order valence-corrected chi connectivity index (χ1v) is 12.1. The molecule has 178 valence electrons. The fourth-order valence-corrected chi connectivity index (χ4v) is 5.06. The first-order chi connectivity index (χ1) is 16.9. The zero-order valence-electron chi connectivity index (χ0n) is 18.5. The third-order valence-electron chi connectivity index (χ3n) is 5.26. The molecule has 0 aliphatic carbocycles. The third kappa shape index (κ3) is 5.51. The summed E-state index contributed by atoms with van der Waals surface area (Å²) in [7, 11) is 1.53. The number of thiocarbonyl (C=S) groups is 1. The SMILES string of the molecule is COc1cc(/C=C2/SC(=S)N(C(C(=O)O)c3ccccc3)C2=O)ccc1OCc1ccccc1Cl. The van der Waals surface area contributed by atoms with Gasteiger partial charge in [0, 0.05) is 10.6 Å². The maximum Gasteiger partial charge on any atom is 0.331 e. The summed E-state index contributed by atoms with van der Waals surface area (Å²) in [6.45, 7) is 0.268. The number of thioether (sulfide) groups is 1. The lowest BCUT2D eigenvalue weighted by molar-refractivity contribution is -0.145. The molecular weight excluding hydrogens is 506 g/mol. The standard InChI is InChI=1S/C26H20ClNO5S2/c1-32-21-13-16(11-12-20(21)33-15-18-9-5-6-10-19(18)27)14-22-24(29)28(26(34)35-22)23(25(30)31)17-7-3-2-4-8-17/h2-14,23H,15H2,1H3,(H,30,31)/b22-14+. The number of amides is 1. The Morgan fingerprint density at radius 1 is 1.11 bits per heavy atom. The van der Waals surface area contributed by atoms with Crippen LogP contribution < -0.4 is 9.47 Å². The van der Waals surface area contributed by atoms with Gasteiger partial charge in [-0.05, 0) is 35.4 Å². The number of carboxylic acids is 1. The van der Waals surface area contributed by atoms with Gasteiger partial charge in [-0.15, -0.1) is 0 Å². The molecule has 1 saturated heterocycles. The molecule has 4 rings (SSSR count). The number of benzene rings is 3. The highest BCUT2D eigenvalue weighted by molar-refractivity contribution is 8.26. The van der Waals surface area contributed by atoms with Crippen LogP contribution in [0.4, 0.5) is 0 Å². The molecule has 1 atom stereocenters. The molecule has 1 N–H and O–H groups in total. The Bertz CT molecular complexity index is 1310. The monoisotopic (exact) mass is 525 g/mol. The second-order valence-electron chi connectivity index (χ2n) is 7.49. The Labute approximate surface area is 217 Å². The van der Waals surface area contributed by atoms with E-state index in [2.05, 4.69) is 0 Å². The Morgan fingerprint density at radius 2 is 1.83 bits per heavy atom.